The Morgan fingerprint density at radius 3 is 2.62 bits per heavy atom. The highest BCUT2D eigenvalue weighted by molar-refractivity contribution is 6.01. The standard InChI is InChI=1S/C16H13F2NO2/c17-12-4-2-5-13(18)11(12)9-15(20)10-3-1-6-14-16(10)21-8-7-19-14/h1-6,19H,7-9H2. The number of benzene rings is 2. The van der Waals surface area contributed by atoms with E-state index in [4.69, 9.17) is 4.74 Å². The molecule has 108 valence electrons. The number of nitrogens with one attached hydrogen (secondary N) is 1. The molecule has 0 bridgehead atoms. The van der Waals surface area contributed by atoms with Crippen LogP contribution in [-0.4, -0.2) is 18.9 Å². The topological polar surface area (TPSA) is 38.3 Å². The van der Waals surface area contributed by atoms with E-state index in [1.165, 1.54) is 6.07 Å². The van der Waals surface area contributed by atoms with Crippen LogP contribution in [0.1, 0.15) is 15.9 Å². The van der Waals surface area contributed by atoms with Gasteiger partial charge in [0.05, 0.1) is 11.3 Å². The predicted octanol–water partition coefficient (Wildman–Crippen LogP) is 3.19. The zero-order valence-corrected chi connectivity index (χ0v) is 11.2. The van der Waals surface area contributed by atoms with Gasteiger partial charge in [0.15, 0.2) is 11.5 Å². The molecular formula is C16H13F2NO2. The van der Waals surface area contributed by atoms with E-state index in [1.807, 2.05) is 0 Å². The van der Waals surface area contributed by atoms with Gasteiger partial charge in [0.25, 0.3) is 0 Å². The molecule has 0 atom stereocenters. The van der Waals surface area contributed by atoms with E-state index in [2.05, 4.69) is 5.32 Å². The van der Waals surface area contributed by atoms with E-state index < -0.39 is 11.6 Å². The van der Waals surface area contributed by atoms with Crippen LogP contribution in [0, 0.1) is 11.6 Å². The summed E-state index contributed by atoms with van der Waals surface area (Å²) in [5, 5.41) is 3.12. The van der Waals surface area contributed by atoms with E-state index in [1.54, 1.807) is 18.2 Å². The van der Waals surface area contributed by atoms with Gasteiger partial charge in [-0.05, 0) is 24.3 Å². The maximum absolute atomic E-state index is 13.6. The lowest BCUT2D eigenvalue weighted by molar-refractivity contribution is 0.0986. The lowest BCUT2D eigenvalue weighted by Gasteiger charge is -2.21. The number of Topliss-reactive ketones (excluding diaryl/α,β-unsaturated/α-hetero) is 1. The summed E-state index contributed by atoms with van der Waals surface area (Å²) in [6, 6.07) is 8.68. The zero-order valence-electron chi connectivity index (χ0n) is 11.2. The summed E-state index contributed by atoms with van der Waals surface area (Å²) in [7, 11) is 0. The van der Waals surface area contributed by atoms with Crippen molar-refractivity contribution in [3.63, 3.8) is 0 Å². The molecule has 0 unspecified atom stereocenters. The van der Waals surface area contributed by atoms with Gasteiger partial charge in [0, 0.05) is 18.5 Å². The van der Waals surface area contributed by atoms with Crippen molar-refractivity contribution < 1.29 is 18.3 Å². The van der Waals surface area contributed by atoms with Gasteiger partial charge in [-0.25, -0.2) is 8.78 Å². The molecule has 2 aromatic rings. The largest absolute Gasteiger partial charge is 0.489 e. The first kappa shape index (κ1) is 13.5. The van der Waals surface area contributed by atoms with E-state index >= 15 is 0 Å². The molecule has 0 amide bonds. The first-order chi connectivity index (χ1) is 10.2. The summed E-state index contributed by atoms with van der Waals surface area (Å²) < 4.78 is 32.8. The third kappa shape index (κ3) is 2.59. The van der Waals surface area contributed by atoms with Crippen LogP contribution >= 0.6 is 0 Å². The Morgan fingerprint density at radius 1 is 1.14 bits per heavy atom. The lowest BCUT2D eigenvalue weighted by Crippen LogP contribution is -2.20. The number of ether oxygens (including phenoxy) is 1. The fraction of sp³-hybridized carbons (Fsp3) is 0.188. The first-order valence-electron chi connectivity index (χ1n) is 6.62. The molecule has 1 heterocycles. The van der Waals surface area contributed by atoms with Crippen molar-refractivity contribution in [3.8, 4) is 5.75 Å². The number of rotatable bonds is 3. The number of carbonyl (C=O) groups is 1. The summed E-state index contributed by atoms with van der Waals surface area (Å²) in [5.74, 6) is -1.36. The first-order valence-corrected chi connectivity index (χ1v) is 6.62. The molecule has 1 N–H and O–H groups in total. The highest BCUT2D eigenvalue weighted by Crippen LogP contribution is 2.32. The van der Waals surface area contributed by atoms with Crippen molar-refractivity contribution in [2.45, 2.75) is 6.42 Å². The molecule has 0 aromatic heterocycles. The average molecular weight is 289 g/mol. The van der Waals surface area contributed by atoms with Gasteiger partial charge in [-0.1, -0.05) is 12.1 Å². The molecule has 0 saturated carbocycles. The van der Waals surface area contributed by atoms with Gasteiger partial charge in [-0.15, -0.1) is 0 Å². The van der Waals surface area contributed by atoms with E-state index in [0.717, 1.165) is 17.8 Å². The minimum Gasteiger partial charge on any atom is -0.489 e. The molecule has 5 heteroatoms. The van der Waals surface area contributed by atoms with Crippen molar-refractivity contribution in [3.05, 3.63) is 59.2 Å². The van der Waals surface area contributed by atoms with Crippen LogP contribution < -0.4 is 10.1 Å². The summed E-state index contributed by atoms with van der Waals surface area (Å²) in [6.45, 7) is 1.11. The number of para-hydroxylation sites is 1. The maximum atomic E-state index is 13.6. The average Bonchev–Trinajstić information content (AvgIpc) is 2.50. The smallest absolute Gasteiger partial charge is 0.171 e. The Labute approximate surface area is 120 Å². The Bertz CT molecular complexity index is 680. The Hall–Kier alpha value is -2.43. The second-order valence-corrected chi connectivity index (χ2v) is 4.76. The molecule has 3 rings (SSSR count). The number of hydrogen-bond acceptors (Lipinski definition) is 3. The quantitative estimate of drug-likeness (QED) is 0.882. The Kier molecular flexibility index (Phi) is 3.56. The SMILES string of the molecule is O=C(Cc1c(F)cccc1F)c1cccc2c1OCCN2. The van der Waals surface area contributed by atoms with Crippen LogP contribution in [0.4, 0.5) is 14.5 Å². The maximum Gasteiger partial charge on any atom is 0.171 e. The second-order valence-electron chi connectivity index (χ2n) is 4.76. The number of carbonyl (C=O) groups excluding carboxylic acids is 1. The third-order valence-electron chi connectivity index (χ3n) is 3.38. The van der Waals surface area contributed by atoms with Gasteiger partial charge in [0.2, 0.25) is 0 Å². The summed E-state index contributed by atoms with van der Waals surface area (Å²) in [6.07, 6.45) is -0.335. The van der Waals surface area contributed by atoms with Gasteiger partial charge < -0.3 is 10.1 Å². The van der Waals surface area contributed by atoms with Gasteiger partial charge >= 0.3 is 0 Å². The Morgan fingerprint density at radius 2 is 1.86 bits per heavy atom. The van der Waals surface area contributed by atoms with Crippen LogP contribution in [-0.2, 0) is 6.42 Å². The Balaban J connectivity index is 1.93. The van der Waals surface area contributed by atoms with Gasteiger partial charge in [-0.2, -0.15) is 0 Å². The highest BCUT2D eigenvalue weighted by Gasteiger charge is 2.21. The van der Waals surface area contributed by atoms with E-state index in [0.29, 0.717) is 24.5 Å². The van der Waals surface area contributed by atoms with E-state index in [-0.39, 0.29) is 17.8 Å². The van der Waals surface area contributed by atoms with Crippen LogP contribution in [0.2, 0.25) is 0 Å². The minimum absolute atomic E-state index is 0.219. The van der Waals surface area contributed by atoms with E-state index in [9.17, 15) is 13.6 Å². The molecule has 0 fully saturated rings. The molecule has 2 aromatic carbocycles. The van der Waals surface area contributed by atoms with Crippen molar-refractivity contribution in [1.29, 1.82) is 0 Å². The van der Waals surface area contributed by atoms with Crippen molar-refractivity contribution >= 4 is 11.5 Å². The fourth-order valence-electron chi connectivity index (χ4n) is 2.35. The molecule has 0 spiro atoms. The second kappa shape index (κ2) is 5.52. The molecule has 21 heavy (non-hydrogen) atoms. The number of hydrogen-bond donors (Lipinski definition) is 1. The summed E-state index contributed by atoms with van der Waals surface area (Å²) in [4.78, 5) is 12.3. The van der Waals surface area contributed by atoms with Gasteiger partial charge in [0.1, 0.15) is 18.2 Å². The van der Waals surface area contributed by atoms with Crippen LogP contribution in [0.3, 0.4) is 0 Å². The molecule has 0 radical (unpaired) electrons. The minimum atomic E-state index is -0.716. The molecule has 1 aliphatic heterocycles. The third-order valence-corrected chi connectivity index (χ3v) is 3.38. The predicted molar refractivity (Wildman–Crippen MR) is 74.8 cm³/mol. The number of halogens is 2. The highest BCUT2D eigenvalue weighted by atomic mass is 19.1. The molecule has 1 aliphatic rings. The zero-order chi connectivity index (χ0) is 14.8. The number of fused-ring (bicyclic) bond motifs is 1. The number of anilines is 1. The number of ketones is 1. The molecule has 0 saturated heterocycles. The molecule has 3 nitrogen and oxygen atoms in total. The van der Waals surface area contributed by atoms with Crippen molar-refractivity contribution in [2.24, 2.45) is 0 Å². The molecule has 0 aliphatic carbocycles. The molecular weight excluding hydrogens is 276 g/mol. The monoisotopic (exact) mass is 289 g/mol. The van der Waals surface area contributed by atoms with Crippen LogP contribution in [0.5, 0.6) is 5.75 Å². The summed E-state index contributed by atoms with van der Waals surface area (Å²) >= 11 is 0. The summed E-state index contributed by atoms with van der Waals surface area (Å²) in [5.41, 5.74) is 0.840. The van der Waals surface area contributed by atoms with Gasteiger partial charge in [-0.3, -0.25) is 4.79 Å². The van der Waals surface area contributed by atoms with Crippen LogP contribution in [0.25, 0.3) is 0 Å². The normalized spacial score (nSPS) is 13.0. The van der Waals surface area contributed by atoms with Crippen molar-refractivity contribution in [1.82, 2.24) is 0 Å². The lowest BCUT2D eigenvalue weighted by atomic mass is 10.0. The van der Waals surface area contributed by atoms with Crippen molar-refractivity contribution in [2.75, 3.05) is 18.5 Å². The van der Waals surface area contributed by atoms with Crippen LogP contribution in [0.15, 0.2) is 36.4 Å². The fourth-order valence-corrected chi connectivity index (χ4v) is 2.35.